The highest BCUT2D eigenvalue weighted by Gasteiger charge is 2.14. The molecule has 0 unspecified atom stereocenters. The largest absolute Gasteiger partial charge is 0.328 e. The maximum absolute atomic E-state index is 12.4. The van der Waals surface area contributed by atoms with E-state index in [-0.39, 0.29) is 17.5 Å². The summed E-state index contributed by atoms with van der Waals surface area (Å²) in [6.45, 7) is 2.48. The van der Waals surface area contributed by atoms with Gasteiger partial charge in [-0.3, -0.25) is 0 Å². The van der Waals surface area contributed by atoms with Gasteiger partial charge in [0.15, 0.2) is 9.84 Å². The minimum atomic E-state index is -3.28. The van der Waals surface area contributed by atoms with Gasteiger partial charge in [-0.2, -0.15) is 0 Å². The number of carbonyl (C=O) groups excluding carboxylic acids is 1. The number of sulfone groups is 1. The quantitative estimate of drug-likeness (QED) is 0.873. The molecule has 2 rings (SSSR count). The van der Waals surface area contributed by atoms with Crippen LogP contribution in [0.5, 0.6) is 0 Å². The molecule has 2 aromatic rings. The minimum absolute atomic E-state index is 0.00298. The molecule has 0 saturated carbocycles. The Kier molecular flexibility index (Phi) is 5.98. The third-order valence-electron chi connectivity index (χ3n) is 3.62. The first-order valence-electron chi connectivity index (χ1n) is 7.75. The van der Waals surface area contributed by atoms with Gasteiger partial charge in [0.05, 0.1) is 11.5 Å². The summed E-state index contributed by atoms with van der Waals surface area (Å²) in [7, 11) is -1.58. The van der Waals surface area contributed by atoms with Gasteiger partial charge >= 0.3 is 6.03 Å². The van der Waals surface area contributed by atoms with Crippen molar-refractivity contribution in [2.75, 3.05) is 18.9 Å². The van der Waals surface area contributed by atoms with Crippen LogP contribution in [0.15, 0.2) is 54.6 Å². The van der Waals surface area contributed by atoms with E-state index in [4.69, 9.17) is 0 Å². The SMILES string of the molecule is CCN(C)C(=O)Nc1cccc(CS(=O)(=O)Cc2ccccc2)c1. The number of anilines is 1. The molecule has 0 saturated heterocycles. The number of hydrogen-bond acceptors (Lipinski definition) is 3. The number of carbonyl (C=O) groups is 1. The van der Waals surface area contributed by atoms with E-state index in [1.807, 2.05) is 25.1 Å². The van der Waals surface area contributed by atoms with E-state index in [2.05, 4.69) is 5.32 Å². The number of nitrogens with zero attached hydrogens (tertiary/aromatic N) is 1. The predicted octanol–water partition coefficient (Wildman–Crippen LogP) is 3.29. The monoisotopic (exact) mass is 346 g/mol. The Morgan fingerprint density at radius 1 is 1.00 bits per heavy atom. The average Bonchev–Trinajstić information content (AvgIpc) is 2.54. The van der Waals surface area contributed by atoms with E-state index in [9.17, 15) is 13.2 Å². The van der Waals surface area contributed by atoms with E-state index in [1.54, 1.807) is 48.3 Å². The Hall–Kier alpha value is -2.34. The van der Waals surface area contributed by atoms with Crippen molar-refractivity contribution < 1.29 is 13.2 Å². The van der Waals surface area contributed by atoms with E-state index >= 15 is 0 Å². The third kappa shape index (κ3) is 5.38. The third-order valence-corrected chi connectivity index (χ3v) is 5.16. The Morgan fingerprint density at radius 3 is 2.29 bits per heavy atom. The van der Waals surface area contributed by atoms with E-state index in [1.165, 1.54) is 0 Å². The Bertz CT molecular complexity index is 789. The van der Waals surface area contributed by atoms with Crippen LogP contribution in [0, 0.1) is 0 Å². The van der Waals surface area contributed by atoms with Crippen molar-refractivity contribution >= 4 is 21.6 Å². The van der Waals surface area contributed by atoms with E-state index in [0.717, 1.165) is 5.56 Å². The molecule has 5 nitrogen and oxygen atoms in total. The van der Waals surface area contributed by atoms with Crippen LogP contribution in [-0.4, -0.2) is 32.9 Å². The van der Waals surface area contributed by atoms with E-state index in [0.29, 0.717) is 17.8 Å². The summed E-state index contributed by atoms with van der Waals surface area (Å²) in [6, 6.07) is 15.8. The molecule has 0 bridgehead atoms. The second-order valence-corrected chi connectivity index (χ2v) is 7.73. The highest BCUT2D eigenvalue weighted by molar-refractivity contribution is 7.89. The Morgan fingerprint density at radius 2 is 1.62 bits per heavy atom. The fourth-order valence-corrected chi connectivity index (χ4v) is 3.72. The summed E-state index contributed by atoms with van der Waals surface area (Å²) in [6.07, 6.45) is 0. The van der Waals surface area contributed by atoms with Crippen LogP contribution in [0.1, 0.15) is 18.1 Å². The van der Waals surface area contributed by atoms with Crippen LogP contribution < -0.4 is 5.32 Å². The van der Waals surface area contributed by atoms with Gasteiger partial charge in [-0.15, -0.1) is 0 Å². The molecule has 2 aromatic carbocycles. The maximum Gasteiger partial charge on any atom is 0.321 e. The highest BCUT2D eigenvalue weighted by atomic mass is 32.2. The van der Waals surface area contributed by atoms with Crippen LogP contribution in [-0.2, 0) is 21.3 Å². The molecule has 128 valence electrons. The molecule has 0 heterocycles. The summed E-state index contributed by atoms with van der Waals surface area (Å²) in [5.41, 5.74) is 2.02. The molecule has 0 aliphatic rings. The van der Waals surface area contributed by atoms with Crippen LogP contribution in [0.3, 0.4) is 0 Å². The smallest absolute Gasteiger partial charge is 0.321 e. The van der Waals surface area contributed by atoms with Crippen molar-refractivity contribution in [2.45, 2.75) is 18.4 Å². The topological polar surface area (TPSA) is 66.5 Å². The predicted molar refractivity (Wildman–Crippen MR) is 96.5 cm³/mol. The van der Waals surface area contributed by atoms with Gasteiger partial charge in [-0.25, -0.2) is 13.2 Å². The normalized spacial score (nSPS) is 11.1. The summed E-state index contributed by atoms with van der Waals surface area (Å²) < 4.78 is 24.7. The molecule has 6 heteroatoms. The number of amides is 2. The minimum Gasteiger partial charge on any atom is -0.328 e. The zero-order chi connectivity index (χ0) is 17.6. The van der Waals surface area contributed by atoms with Crippen molar-refractivity contribution in [1.82, 2.24) is 4.90 Å². The number of nitrogens with one attached hydrogen (secondary N) is 1. The maximum atomic E-state index is 12.4. The number of hydrogen-bond donors (Lipinski definition) is 1. The standard InChI is InChI=1S/C18H22N2O3S/c1-3-20(2)18(21)19-17-11-7-10-16(12-17)14-24(22,23)13-15-8-5-4-6-9-15/h4-12H,3,13-14H2,1-2H3,(H,19,21). The molecule has 0 aliphatic heterocycles. The fraction of sp³-hybridized carbons (Fsp3) is 0.278. The lowest BCUT2D eigenvalue weighted by atomic mass is 10.2. The lowest BCUT2D eigenvalue weighted by Gasteiger charge is -2.16. The molecule has 0 spiro atoms. The van der Waals surface area contributed by atoms with Gasteiger partial charge in [0.1, 0.15) is 0 Å². The molecule has 0 fully saturated rings. The fourth-order valence-electron chi connectivity index (χ4n) is 2.23. The lowest BCUT2D eigenvalue weighted by Crippen LogP contribution is -2.30. The Balaban J connectivity index is 2.07. The first kappa shape index (κ1) is 18.0. The number of urea groups is 1. The molecular formula is C18H22N2O3S. The molecule has 0 atom stereocenters. The molecule has 0 radical (unpaired) electrons. The number of benzene rings is 2. The van der Waals surface area contributed by atoms with Gasteiger partial charge in [0.2, 0.25) is 0 Å². The summed E-state index contributed by atoms with van der Waals surface area (Å²) in [5.74, 6) is -0.0573. The second kappa shape index (κ2) is 7.97. The van der Waals surface area contributed by atoms with Crippen LogP contribution in [0.2, 0.25) is 0 Å². The zero-order valence-electron chi connectivity index (χ0n) is 13.9. The van der Waals surface area contributed by atoms with Crippen molar-refractivity contribution in [3.63, 3.8) is 0 Å². The van der Waals surface area contributed by atoms with Crippen LogP contribution in [0.25, 0.3) is 0 Å². The lowest BCUT2D eigenvalue weighted by molar-refractivity contribution is 0.224. The molecule has 24 heavy (non-hydrogen) atoms. The first-order valence-corrected chi connectivity index (χ1v) is 9.57. The molecular weight excluding hydrogens is 324 g/mol. The first-order chi connectivity index (χ1) is 11.4. The van der Waals surface area contributed by atoms with Crippen molar-refractivity contribution in [3.05, 3.63) is 65.7 Å². The highest BCUT2D eigenvalue weighted by Crippen LogP contribution is 2.16. The van der Waals surface area contributed by atoms with Crippen molar-refractivity contribution in [2.24, 2.45) is 0 Å². The van der Waals surface area contributed by atoms with Crippen molar-refractivity contribution in [3.8, 4) is 0 Å². The van der Waals surface area contributed by atoms with Crippen LogP contribution >= 0.6 is 0 Å². The average molecular weight is 346 g/mol. The second-order valence-electron chi connectivity index (χ2n) is 5.66. The summed E-state index contributed by atoms with van der Waals surface area (Å²) in [5, 5.41) is 2.76. The molecule has 1 N–H and O–H groups in total. The van der Waals surface area contributed by atoms with Gasteiger partial charge in [-0.05, 0) is 30.2 Å². The van der Waals surface area contributed by atoms with Crippen molar-refractivity contribution in [1.29, 1.82) is 0 Å². The Labute approximate surface area is 143 Å². The molecule has 0 aromatic heterocycles. The zero-order valence-corrected chi connectivity index (χ0v) is 14.7. The van der Waals surface area contributed by atoms with E-state index < -0.39 is 9.84 Å². The van der Waals surface area contributed by atoms with Gasteiger partial charge in [0.25, 0.3) is 0 Å². The summed E-state index contributed by atoms with van der Waals surface area (Å²) in [4.78, 5) is 13.4. The summed E-state index contributed by atoms with van der Waals surface area (Å²) >= 11 is 0. The number of rotatable bonds is 6. The molecule has 2 amide bonds. The van der Waals surface area contributed by atoms with Crippen LogP contribution in [0.4, 0.5) is 10.5 Å². The van der Waals surface area contributed by atoms with Gasteiger partial charge < -0.3 is 10.2 Å². The van der Waals surface area contributed by atoms with Gasteiger partial charge in [-0.1, -0.05) is 42.5 Å². The molecule has 0 aliphatic carbocycles. The van der Waals surface area contributed by atoms with Gasteiger partial charge in [0, 0.05) is 19.3 Å².